The van der Waals surface area contributed by atoms with Crippen molar-refractivity contribution in [1.82, 2.24) is 14.8 Å². The third-order valence-corrected chi connectivity index (χ3v) is 3.26. The Morgan fingerprint density at radius 2 is 2.06 bits per heavy atom. The Bertz CT molecular complexity index is 563. The minimum atomic E-state index is -0.120. The number of aryl methyl sites for hydroxylation is 1. The zero-order chi connectivity index (χ0) is 13.3. The van der Waals surface area contributed by atoms with E-state index in [1.807, 2.05) is 43.5 Å². The summed E-state index contributed by atoms with van der Waals surface area (Å²) in [6.45, 7) is 5.90. The van der Waals surface area contributed by atoms with Crippen molar-refractivity contribution in [2.24, 2.45) is 0 Å². The first-order chi connectivity index (χ1) is 8.54. The predicted octanol–water partition coefficient (Wildman–Crippen LogP) is 2.98. The summed E-state index contributed by atoms with van der Waals surface area (Å²) in [5.74, 6) is 1.30. The van der Waals surface area contributed by atoms with E-state index < -0.39 is 0 Å². The number of hydrogen-bond acceptors (Lipinski definition) is 3. The molecule has 1 N–H and O–H groups in total. The first kappa shape index (κ1) is 13.1. The van der Waals surface area contributed by atoms with Crippen LogP contribution in [-0.4, -0.2) is 19.9 Å². The number of halogens is 1. The topological polar surface area (TPSA) is 50.9 Å². The van der Waals surface area contributed by atoms with Gasteiger partial charge in [-0.15, -0.1) is 10.2 Å². The van der Waals surface area contributed by atoms with Crippen molar-refractivity contribution >= 4 is 11.6 Å². The summed E-state index contributed by atoms with van der Waals surface area (Å²) >= 11 is 6.13. The Balaban J connectivity index is 2.56. The molecule has 0 aliphatic heterocycles. The largest absolute Gasteiger partial charge is 0.388 e. The Morgan fingerprint density at radius 3 is 2.61 bits per heavy atom. The summed E-state index contributed by atoms with van der Waals surface area (Å²) in [6, 6.07) is 5.97. The second-order valence-corrected chi connectivity index (χ2v) is 4.93. The van der Waals surface area contributed by atoms with Crippen molar-refractivity contribution < 1.29 is 5.11 Å². The molecule has 0 unspecified atom stereocenters. The summed E-state index contributed by atoms with van der Waals surface area (Å²) in [4.78, 5) is 0. The molecule has 0 atom stereocenters. The van der Waals surface area contributed by atoms with Gasteiger partial charge in [0, 0.05) is 16.6 Å². The van der Waals surface area contributed by atoms with Crippen molar-refractivity contribution in [2.45, 2.75) is 33.4 Å². The van der Waals surface area contributed by atoms with Crippen molar-refractivity contribution in [3.05, 3.63) is 34.6 Å². The molecule has 4 nitrogen and oxygen atoms in total. The maximum atomic E-state index is 9.28. The van der Waals surface area contributed by atoms with Crippen LogP contribution in [0.15, 0.2) is 18.2 Å². The van der Waals surface area contributed by atoms with Gasteiger partial charge in [0.1, 0.15) is 6.61 Å². The minimum absolute atomic E-state index is 0.120. The number of benzene rings is 1. The van der Waals surface area contributed by atoms with E-state index in [-0.39, 0.29) is 12.6 Å². The Kier molecular flexibility index (Phi) is 3.68. The van der Waals surface area contributed by atoms with E-state index >= 15 is 0 Å². The van der Waals surface area contributed by atoms with Gasteiger partial charge < -0.3 is 9.67 Å². The zero-order valence-electron chi connectivity index (χ0n) is 10.7. The third-order valence-electron chi connectivity index (χ3n) is 2.85. The molecular formula is C13H16ClN3O. The monoisotopic (exact) mass is 265 g/mol. The van der Waals surface area contributed by atoms with E-state index in [2.05, 4.69) is 10.2 Å². The van der Waals surface area contributed by atoms with Crippen LogP contribution in [0.1, 0.15) is 31.3 Å². The van der Waals surface area contributed by atoms with Crippen LogP contribution in [0.2, 0.25) is 5.02 Å². The first-order valence-electron chi connectivity index (χ1n) is 5.85. The second-order valence-electron chi connectivity index (χ2n) is 4.53. The molecule has 0 spiro atoms. The number of hydrogen-bond donors (Lipinski definition) is 1. The highest BCUT2D eigenvalue weighted by molar-refractivity contribution is 6.31. The summed E-state index contributed by atoms with van der Waals surface area (Å²) in [6.07, 6.45) is 0. The molecule has 2 aromatic rings. The van der Waals surface area contributed by atoms with E-state index in [1.165, 1.54) is 0 Å². The van der Waals surface area contributed by atoms with Gasteiger partial charge in [-0.2, -0.15) is 0 Å². The lowest BCUT2D eigenvalue weighted by Crippen LogP contribution is -2.08. The van der Waals surface area contributed by atoms with Crippen molar-refractivity contribution in [2.75, 3.05) is 0 Å². The zero-order valence-corrected chi connectivity index (χ0v) is 11.4. The predicted molar refractivity (Wildman–Crippen MR) is 71.5 cm³/mol. The molecule has 5 heteroatoms. The van der Waals surface area contributed by atoms with Crippen LogP contribution >= 0.6 is 11.6 Å². The molecule has 0 amide bonds. The molecule has 2 rings (SSSR count). The molecule has 1 aromatic heterocycles. The normalized spacial score (nSPS) is 11.2. The Morgan fingerprint density at radius 1 is 1.33 bits per heavy atom. The van der Waals surface area contributed by atoms with E-state index in [9.17, 15) is 5.11 Å². The molecule has 0 radical (unpaired) electrons. The van der Waals surface area contributed by atoms with Gasteiger partial charge in [0.2, 0.25) is 0 Å². The van der Waals surface area contributed by atoms with Crippen LogP contribution in [0.3, 0.4) is 0 Å². The first-order valence-corrected chi connectivity index (χ1v) is 6.23. The highest BCUT2D eigenvalue weighted by Crippen LogP contribution is 2.26. The number of nitrogens with zero attached hydrogens (tertiary/aromatic N) is 3. The molecule has 18 heavy (non-hydrogen) atoms. The average molecular weight is 266 g/mol. The van der Waals surface area contributed by atoms with E-state index in [1.54, 1.807) is 0 Å². The second kappa shape index (κ2) is 5.08. The summed E-state index contributed by atoms with van der Waals surface area (Å²) < 4.78 is 1.92. The lowest BCUT2D eigenvalue weighted by molar-refractivity contribution is 0.262. The van der Waals surface area contributed by atoms with Gasteiger partial charge in [-0.3, -0.25) is 0 Å². The fourth-order valence-corrected chi connectivity index (χ4v) is 2.08. The molecule has 0 fully saturated rings. The molecule has 96 valence electrons. The van der Waals surface area contributed by atoms with Crippen LogP contribution < -0.4 is 0 Å². The van der Waals surface area contributed by atoms with Gasteiger partial charge in [-0.05, 0) is 32.4 Å². The smallest absolute Gasteiger partial charge is 0.164 e. The maximum Gasteiger partial charge on any atom is 0.164 e. The molecule has 0 aliphatic carbocycles. The summed E-state index contributed by atoms with van der Waals surface area (Å²) in [5.41, 5.74) is 1.94. The summed E-state index contributed by atoms with van der Waals surface area (Å²) in [7, 11) is 0. The summed E-state index contributed by atoms with van der Waals surface area (Å²) in [5, 5.41) is 18.1. The van der Waals surface area contributed by atoms with Crippen LogP contribution in [0.4, 0.5) is 0 Å². The van der Waals surface area contributed by atoms with Crippen LogP contribution in [0.5, 0.6) is 0 Å². The minimum Gasteiger partial charge on any atom is -0.388 e. The number of aromatic nitrogens is 3. The lowest BCUT2D eigenvalue weighted by atomic mass is 10.1. The highest BCUT2D eigenvalue weighted by atomic mass is 35.5. The standard InChI is InChI=1S/C13H16ClN3O/c1-8(2)17-12(7-18)15-16-13(17)10-5-4-9(3)11(14)6-10/h4-6,8,18H,7H2,1-3H3. The number of aliphatic hydroxyl groups excluding tert-OH is 1. The molecule has 0 bridgehead atoms. The van der Waals surface area contributed by atoms with E-state index in [0.29, 0.717) is 10.8 Å². The molecular weight excluding hydrogens is 250 g/mol. The highest BCUT2D eigenvalue weighted by Gasteiger charge is 2.16. The van der Waals surface area contributed by atoms with E-state index in [0.717, 1.165) is 17.0 Å². The fourth-order valence-electron chi connectivity index (χ4n) is 1.90. The Hall–Kier alpha value is -1.39. The van der Waals surface area contributed by atoms with Gasteiger partial charge >= 0.3 is 0 Å². The van der Waals surface area contributed by atoms with Gasteiger partial charge in [0.25, 0.3) is 0 Å². The van der Waals surface area contributed by atoms with Crippen molar-refractivity contribution in [3.63, 3.8) is 0 Å². The van der Waals surface area contributed by atoms with Crippen molar-refractivity contribution in [1.29, 1.82) is 0 Å². The molecule has 0 aliphatic rings. The van der Waals surface area contributed by atoms with Crippen LogP contribution in [0, 0.1) is 6.92 Å². The quantitative estimate of drug-likeness (QED) is 0.928. The molecule has 1 aromatic carbocycles. The molecule has 0 saturated heterocycles. The Labute approximate surface area is 111 Å². The van der Waals surface area contributed by atoms with Gasteiger partial charge in [-0.1, -0.05) is 23.7 Å². The number of rotatable bonds is 3. The number of aliphatic hydroxyl groups is 1. The molecule has 0 saturated carbocycles. The maximum absolute atomic E-state index is 9.28. The van der Waals surface area contributed by atoms with Gasteiger partial charge in [-0.25, -0.2) is 0 Å². The van der Waals surface area contributed by atoms with Gasteiger partial charge in [0.05, 0.1) is 0 Å². The van der Waals surface area contributed by atoms with Gasteiger partial charge in [0.15, 0.2) is 11.6 Å². The van der Waals surface area contributed by atoms with Crippen molar-refractivity contribution in [3.8, 4) is 11.4 Å². The van der Waals surface area contributed by atoms with Crippen LogP contribution in [0.25, 0.3) is 11.4 Å². The third kappa shape index (κ3) is 2.26. The fraction of sp³-hybridized carbons (Fsp3) is 0.385. The lowest BCUT2D eigenvalue weighted by Gasteiger charge is -2.13. The SMILES string of the molecule is Cc1ccc(-c2nnc(CO)n2C(C)C)cc1Cl. The van der Waals surface area contributed by atoms with Crippen LogP contribution in [-0.2, 0) is 6.61 Å². The van der Waals surface area contributed by atoms with E-state index in [4.69, 9.17) is 11.6 Å². The average Bonchev–Trinajstić information content (AvgIpc) is 2.76. The molecule has 1 heterocycles.